The molecule has 1 aliphatic heterocycles. The fourth-order valence-electron chi connectivity index (χ4n) is 4.62. The van der Waals surface area contributed by atoms with Crippen LogP contribution in [0.4, 0.5) is 0 Å². The van der Waals surface area contributed by atoms with E-state index in [-0.39, 0.29) is 0 Å². The van der Waals surface area contributed by atoms with Crippen LogP contribution >= 0.6 is 0 Å². The van der Waals surface area contributed by atoms with Crippen molar-refractivity contribution in [2.45, 2.75) is 97.1 Å². The molecule has 2 rings (SSSR count). The quantitative estimate of drug-likeness (QED) is 0.588. The largest absolute Gasteiger partial charge is 0.298 e. The van der Waals surface area contributed by atoms with Crippen LogP contribution in [0.5, 0.6) is 0 Å². The lowest BCUT2D eigenvalue weighted by Gasteiger charge is -2.42. The molecule has 1 aliphatic rings. The second-order valence-corrected chi connectivity index (χ2v) is 7.87. The Morgan fingerprint density at radius 3 is 2.13 bits per heavy atom. The highest BCUT2D eigenvalue weighted by Gasteiger charge is 2.32. The topological polar surface area (TPSA) is 3.24 Å². The SMILES string of the molecule is CCCC(CC)(CCN1C(C)CCCC1C)c1ccc(C)cc1. The molecule has 1 saturated heterocycles. The molecule has 0 aliphatic carbocycles. The molecule has 1 heterocycles. The third-order valence-corrected chi connectivity index (χ3v) is 6.29. The summed E-state index contributed by atoms with van der Waals surface area (Å²) in [5, 5.41) is 0. The standard InChI is InChI=1S/C22H37N/c1-6-15-22(7-2,21-13-11-18(3)12-14-21)16-17-23-19(4)9-8-10-20(23)5/h11-14,19-20H,6-10,15-17H2,1-5H3. The van der Waals surface area contributed by atoms with E-state index in [4.69, 9.17) is 0 Å². The first kappa shape index (κ1) is 18.5. The Morgan fingerprint density at radius 2 is 1.61 bits per heavy atom. The summed E-state index contributed by atoms with van der Waals surface area (Å²) >= 11 is 0. The average molecular weight is 316 g/mol. The molecule has 23 heavy (non-hydrogen) atoms. The zero-order valence-electron chi connectivity index (χ0n) is 16.1. The Hall–Kier alpha value is -0.820. The number of hydrogen-bond acceptors (Lipinski definition) is 1. The van der Waals surface area contributed by atoms with E-state index in [1.165, 1.54) is 57.1 Å². The number of nitrogens with zero attached hydrogens (tertiary/aromatic N) is 1. The zero-order chi connectivity index (χ0) is 16.9. The van der Waals surface area contributed by atoms with Gasteiger partial charge in [-0.1, -0.05) is 56.5 Å². The number of benzene rings is 1. The van der Waals surface area contributed by atoms with Gasteiger partial charge in [-0.15, -0.1) is 0 Å². The van der Waals surface area contributed by atoms with E-state index in [1.54, 1.807) is 5.56 Å². The fourth-order valence-corrected chi connectivity index (χ4v) is 4.62. The number of piperidine rings is 1. The molecule has 1 heteroatoms. The Bertz CT molecular complexity index is 453. The molecule has 1 aromatic rings. The Labute approximate surface area is 144 Å². The van der Waals surface area contributed by atoms with Gasteiger partial charge in [0.15, 0.2) is 0 Å². The lowest BCUT2D eigenvalue weighted by Crippen LogP contribution is -2.46. The van der Waals surface area contributed by atoms with Crippen LogP contribution in [0.3, 0.4) is 0 Å². The molecule has 0 radical (unpaired) electrons. The second kappa shape index (κ2) is 8.33. The van der Waals surface area contributed by atoms with Crippen LogP contribution in [-0.4, -0.2) is 23.5 Å². The molecule has 0 spiro atoms. The molecule has 0 saturated carbocycles. The lowest BCUT2D eigenvalue weighted by atomic mass is 9.71. The van der Waals surface area contributed by atoms with Gasteiger partial charge in [0.05, 0.1) is 0 Å². The van der Waals surface area contributed by atoms with Crippen LogP contribution in [0, 0.1) is 6.92 Å². The highest BCUT2D eigenvalue weighted by atomic mass is 15.2. The number of likely N-dealkylation sites (tertiary alicyclic amines) is 1. The van der Waals surface area contributed by atoms with Crippen LogP contribution < -0.4 is 0 Å². The van der Waals surface area contributed by atoms with Gasteiger partial charge in [0.1, 0.15) is 0 Å². The number of hydrogen-bond donors (Lipinski definition) is 0. The van der Waals surface area contributed by atoms with Gasteiger partial charge in [0.2, 0.25) is 0 Å². The van der Waals surface area contributed by atoms with E-state index in [9.17, 15) is 0 Å². The monoisotopic (exact) mass is 315 g/mol. The smallest absolute Gasteiger partial charge is 0.00697 e. The third kappa shape index (κ3) is 4.38. The van der Waals surface area contributed by atoms with E-state index >= 15 is 0 Å². The predicted molar refractivity (Wildman–Crippen MR) is 102 cm³/mol. The molecule has 3 unspecified atom stereocenters. The number of aryl methyl sites for hydroxylation is 1. The van der Waals surface area contributed by atoms with Crippen molar-refractivity contribution in [2.24, 2.45) is 0 Å². The van der Waals surface area contributed by atoms with Crippen molar-refractivity contribution in [2.75, 3.05) is 6.54 Å². The van der Waals surface area contributed by atoms with Crippen molar-refractivity contribution in [1.82, 2.24) is 4.90 Å². The molecule has 1 fully saturated rings. The van der Waals surface area contributed by atoms with Gasteiger partial charge in [0.25, 0.3) is 0 Å². The summed E-state index contributed by atoms with van der Waals surface area (Å²) in [6.07, 6.45) is 9.29. The molecule has 1 aromatic carbocycles. The van der Waals surface area contributed by atoms with Gasteiger partial charge < -0.3 is 0 Å². The van der Waals surface area contributed by atoms with Crippen molar-refractivity contribution >= 4 is 0 Å². The van der Waals surface area contributed by atoms with Crippen LogP contribution in [-0.2, 0) is 5.41 Å². The van der Waals surface area contributed by atoms with Crippen LogP contribution in [0.2, 0.25) is 0 Å². The van der Waals surface area contributed by atoms with Gasteiger partial charge in [-0.2, -0.15) is 0 Å². The minimum absolute atomic E-state index is 0.360. The lowest BCUT2D eigenvalue weighted by molar-refractivity contribution is 0.0904. The van der Waals surface area contributed by atoms with E-state index in [0.717, 1.165) is 12.1 Å². The van der Waals surface area contributed by atoms with E-state index in [1.807, 2.05) is 0 Å². The van der Waals surface area contributed by atoms with Gasteiger partial charge in [-0.05, 0) is 70.4 Å². The molecule has 130 valence electrons. The van der Waals surface area contributed by atoms with Crippen LogP contribution in [0.15, 0.2) is 24.3 Å². The van der Waals surface area contributed by atoms with Gasteiger partial charge in [0, 0.05) is 12.1 Å². The Balaban J connectivity index is 2.16. The minimum Gasteiger partial charge on any atom is -0.298 e. The first-order valence-corrected chi connectivity index (χ1v) is 9.85. The highest BCUT2D eigenvalue weighted by Crippen LogP contribution is 2.38. The summed E-state index contributed by atoms with van der Waals surface area (Å²) in [5.74, 6) is 0. The van der Waals surface area contributed by atoms with E-state index in [0.29, 0.717) is 5.41 Å². The normalized spacial score (nSPS) is 25.3. The maximum atomic E-state index is 2.78. The summed E-state index contributed by atoms with van der Waals surface area (Å²) < 4.78 is 0. The average Bonchev–Trinajstić information content (AvgIpc) is 2.54. The second-order valence-electron chi connectivity index (χ2n) is 7.87. The van der Waals surface area contributed by atoms with Crippen molar-refractivity contribution in [3.05, 3.63) is 35.4 Å². The van der Waals surface area contributed by atoms with Gasteiger partial charge in [-0.25, -0.2) is 0 Å². The molecular formula is C22H37N. The predicted octanol–water partition coefficient (Wildman–Crippen LogP) is 6.10. The molecule has 0 amide bonds. The van der Waals surface area contributed by atoms with E-state index < -0.39 is 0 Å². The maximum Gasteiger partial charge on any atom is 0.00697 e. The van der Waals surface area contributed by atoms with Gasteiger partial charge >= 0.3 is 0 Å². The fraction of sp³-hybridized carbons (Fsp3) is 0.727. The Kier molecular flexibility index (Phi) is 6.71. The van der Waals surface area contributed by atoms with Crippen LogP contribution in [0.1, 0.15) is 83.8 Å². The molecule has 3 atom stereocenters. The van der Waals surface area contributed by atoms with Crippen molar-refractivity contribution < 1.29 is 0 Å². The summed E-state index contributed by atoms with van der Waals surface area (Å²) in [6.45, 7) is 13.0. The molecular weight excluding hydrogens is 278 g/mol. The minimum atomic E-state index is 0.360. The van der Waals surface area contributed by atoms with Crippen molar-refractivity contribution in [3.8, 4) is 0 Å². The highest BCUT2D eigenvalue weighted by molar-refractivity contribution is 5.29. The van der Waals surface area contributed by atoms with Crippen LogP contribution in [0.25, 0.3) is 0 Å². The first-order valence-electron chi connectivity index (χ1n) is 9.85. The van der Waals surface area contributed by atoms with Crippen molar-refractivity contribution in [3.63, 3.8) is 0 Å². The first-order chi connectivity index (χ1) is 11.0. The van der Waals surface area contributed by atoms with Gasteiger partial charge in [-0.3, -0.25) is 4.90 Å². The summed E-state index contributed by atoms with van der Waals surface area (Å²) in [7, 11) is 0. The van der Waals surface area contributed by atoms with E-state index in [2.05, 4.69) is 63.8 Å². The third-order valence-electron chi connectivity index (χ3n) is 6.29. The zero-order valence-corrected chi connectivity index (χ0v) is 16.1. The number of rotatable bonds is 7. The summed E-state index contributed by atoms with van der Waals surface area (Å²) in [6, 6.07) is 10.9. The van der Waals surface area contributed by atoms with Crippen molar-refractivity contribution in [1.29, 1.82) is 0 Å². The summed E-state index contributed by atoms with van der Waals surface area (Å²) in [4.78, 5) is 2.78. The Morgan fingerprint density at radius 1 is 1.00 bits per heavy atom. The maximum absolute atomic E-state index is 2.78. The molecule has 1 nitrogen and oxygen atoms in total. The molecule has 0 bridgehead atoms. The molecule has 0 N–H and O–H groups in total. The molecule has 0 aromatic heterocycles. The summed E-state index contributed by atoms with van der Waals surface area (Å²) in [5.41, 5.74) is 3.29.